The molecule has 6 nitrogen and oxygen atoms in total. The summed E-state index contributed by atoms with van der Waals surface area (Å²) in [4.78, 5) is 17.9. The molecule has 20 heavy (non-hydrogen) atoms. The van der Waals surface area contributed by atoms with Crippen LogP contribution in [0.3, 0.4) is 0 Å². The first-order chi connectivity index (χ1) is 9.61. The van der Waals surface area contributed by atoms with E-state index in [1.54, 1.807) is 14.0 Å². The summed E-state index contributed by atoms with van der Waals surface area (Å²) in [7, 11) is 1.65. The molecule has 1 heterocycles. The summed E-state index contributed by atoms with van der Waals surface area (Å²) in [5, 5.41) is 13.1. The Bertz CT molecular complexity index is 568. The van der Waals surface area contributed by atoms with E-state index in [9.17, 15) is 9.90 Å². The van der Waals surface area contributed by atoms with Crippen LogP contribution in [0.25, 0.3) is 0 Å². The predicted octanol–water partition coefficient (Wildman–Crippen LogP) is 1.11. The highest BCUT2D eigenvalue weighted by molar-refractivity contribution is 5.83. The second-order valence-corrected chi connectivity index (χ2v) is 4.58. The molecular formula is C14H17N3O3. The van der Waals surface area contributed by atoms with E-state index in [1.165, 1.54) is 4.90 Å². The molecule has 1 atom stereocenters. The summed E-state index contributed by atoms with van der Waals surface area (Å²) in [6.45, 7) is 1.70. The number of aromatic nitrogens is 2. The van der Waals surface area contributed by atoms with Crippen LogP contribution in [-0.4, -0.2) is 39.7 Å². The number of amides is 1. The van der Waals surface area contributed by atoms with E-state index in [2.05, 4.69) is 10.1 Å². The average Bonchev–Trinajstić information content (AvgIpc) is 2.86. The Morgan fingerprint density at radius 3 is 2.65 bits per heavy atom. The lowest BCUT2D eigenvalue weighted by atomic mass is 9.99. The molecule has 6 heteroatoms. The molecule has 106 valence electrons. The van der Waals surface area contributed by atoms with Gasteiger partial charge in [0.25, 0.3) is 0 Å². The molecule has 0 aliphatic heterocycles. The average molecular weight is 275 g/mol. The van der Waals surface area contributed by atoms with Gasteiger partial charge in [-0.05, 0) is 12.5 Å². The molecule has 0 aliphatic rings. The zero-order valence-corrected chi connectivity index (χ0v) is 11.5. The van der Waals surface area contributed by atoms with Crippen molar-refractivity contribution in [1.29, 1.82) is 0 Å². The van der Waals surface area contributed by atoms with Crippen molar-refractivity contribution in [3.8, 4) is 0 Å². The summed E-state index contributed by atoms with van der Waals surface area (Å²) < 4.78 is 4.99. The first-order valence-corrected chi connectivity index (χ1v) is 6.31. The molecule has 1 aromatic heterocycles. The molecule has 0 aliphatic carbocycles. The minimum atomic E-state index is -0.579. The summed E-state index contributed by atoms with van der Waals surface area (Å²) in [5.41, 5.74) is 0.786. The summed E-state index contributed by atoms with van der Waals surface area (Å²) in [5.74, 6) is 0.144. The van der Waals surface area contributed by atoms with E-state index in [0.717, 1.165) is 5.56 Å². The highest BCUT2D eigenvalue weighted by Crippen LogP contribution is 2.18. The third-order valence-corrected chi connectivity index (χ3v) is 3.00. The van der Waals surface area contributed by atoms with Gasteiger partial charge in [-0.2, -0.15) is 4.98 Å². The Kier molecular flexibility index (Phi) is 4.47. The minimum absolute atomic E-state index is 0.186. The van der Waals surface area contributed by atoms with Gasteiger partial charge >= 0.3 is 0 Å². The number of carbonyl (C=O) groups is 1. The first kappa shape index (κ1) is 14.2. The number of likely N-dealkylation sites (N-methyl/N-ethyl adjacent to an activating group) is 1. The van der Waals surface area contributed by atoms with Gasteiger partial charge in [-0.3, -0.25) is 4.79 Å². The molecule has 2 rings (SSSR count). The predicted molar refractivity (Wildman–Crippen MR) is 71.8 cm³/mol. The maximum atomic E-state index is 12.4. The SMILES string of the molecule is Cc1noc(CN(C)C(=O)C(CO)c2ccccc2)n1. The van der Waals surface area contributed by atoms with Gasteiger partial charge in [0.2, 0.25) is 11.8 Å². The van der Waals surface area contributed by atoms with Crippen LogP contribution in [0.4, 0.5) is 0 Å². The standard InChI is InChI=1S/C14H17N3O3/c1-10-15-13(20-16-10)8-17(2)14(19)12(9-18)11-6-4-3-5-7-11/h3-7,12,18H,8-9H2,1-2H3. The quantitative estimate of drug-likeness (QED) is 0.884. The first-order valence-electron chi connectivity index (χ1n) is 6.31. The monoisotopic (exact) mass is 275 g/mol. The molecule has 0 saturated heterocycles. The number of hydrogen-bond donors (Lipinski definition) is 1. The van der Waals surface area contributed by atoms with E-state index in [4.69, 9.17) is 4.52 Å². The van der Waals surface area contributed by atoms with Gasteiger partial charge in [-0.25, -0.2) is 0 Å². The third kappa shape index (κ3) is 3.21. The lowest BCUT2D eigenvalue weighted by Gasteiger charge is -2.21. The van der Waals surface area contributed by atoms with E-state index >= 15 is 0 Å². The Labute approximate surface area is 117 Å². The fourth-order valence-corrected chi connectivity index (χ4v) is 1.96. The van der Waals surface area contributed by atoms with Gasteiger partial charge in [0, 0.05) is 7.05 Å². The molecule has 1 N–H and O–H groups in total. The van der Waals surface area contributed by atoms with Gasteiger partial charge in [0.15, 0.2) is 5.82 Å². The molecule has 1 unspecified atom stereocenters. The number of aliphatic hydroxyl groups excluding tert-OH is 1. The van der Waals surface area contributed by atoms with Gasteiger partial charge < -0.3 is 14.5 Å². The highest BCUT2D eigenvalue weighted by atomic mass is 16.5. The lowest BCUT2D eigenvalue weighted by Crippen LogP contribution is -2.33. The van der Waals surface area contributed by atoms with E-state index in [0.29, 0.717) is 11.7 Å². The van der Waals surface area contributed by atoms with E-state index in [-0.39, 0.29) is 19.1 Å². The van der Waals surface area contributed by atoms with Crippen LogP contribution in [-0.2, 0) is 11.3 Å². The molecule has 2 aromatic rings. The van der Waals surface area contributed by atoms with E-state index in [1.807, 2.05) is 30.3 Å². The van der Waals surface area contributed by atoms with Gasteiger partial charge in [-0.1, -0.05) is 35.5 Å². The van der Waals surface area contributed by atoms with Crippen molar-refractivity contribution in [2.24, 2.45) is 0 Å². The highest BCUT2D eigenvalue weighted by Gasteiger charge is 2.24. The molecule has 0 saturated carbocycles. The molecular weight excluding hydrogens is 258 g/mol. The Morgan fingerprint density at radius 2 is 2.10 bits per heavy atom. The van der Waals surface area contributed by atoms with Crippen LogP contribution >= 0.6 is 0 Å². The van der Waals surface area contributed by atoms with Gasteiger partial charge in [0.05, 0.1) is 19.1 Å². The number of aryl methyl sites for hydroxylation is 1. The summed E-state index contributed by atoms with van der Waals surface area (Å²) in [6.07, 6.45) is 0. The maximum Gasteiger partial charge on any atom is 0.246 e. The van der Waals surface area contributed by atoms with Gasteiger partial charge in [0.1, 0.15) is 0 Å². The molecule has 0 spiro atoms. The van der Waals surface area contributed by atoms with Crippen LogP contribution in [0, 0.1) is 6.92 Å². The second kappa shape index (κ2) is 6.29. The number of carbonyl (C=O) groups excluding carboxylic acids is 1. The van der Waals surface area contributed by atoms with Gasteiger partial charge in [-0.15, -0.1) is 0 Å². The fourth-order valence-electron chi connectivity index (χ4n) is 1.96. The number of hydrogen-bond acceptors (Lipinski definition) is 5. The topological polar surface area (TPSA) is 79.5 Å². The Hall–Kier alpha value is -2.21. The minimum Gasteiger partial charge on any atom is -0.395 e. The number of aliphatic hydroxyl groups is 1. The summed E-state index contributed by atoms with van der Waals surface area (Å²) in [6, 6.07) is 9.19. The number of benzene rings is 1. The third-order valence-electron chi connectivity index (χ3n) is 3.00. The maximum absolute atomic E-state index is 12.4. The zero-order chi connectivity index (χ0) is 14.5. The van der Waals surface area contributed by atoms with Crippen molar-refractivity contribution >= 4 is 5.91 Å². The number of rotatable bonds is 5. The second-order valence-electron chi connectivity index (χ2n) is 4.58. The Balaban J connectivity index is 2.08. The van der Waals surface area contributed by atoms with Crippen LogP contribution in [0.5, 0.6) is 0 Å². The van der Waals surface area contributed by atoms with Crippen LogP contribution in [0.1, 0.15) is 23.2 Å². The molecule has 0 radical (unpaired) electrons. The summed E-state index contributed by atoms with van der Waals surface area (Å²) >= 11 is 0. The molecule has 1 amide bonds. The fraction of sp³-hybridized carbons (Fsp3) is 0.357. The van der Waals surface area contributed by atoms with Crippen molar-refractivity contribution in [3.63, 3.8) is 0 Å². The molecule has 0 bridgehead atoms. The van der Waals surface area contributed by atoms with Crippen LogP contribution < -0.4 is 0 Å². The van der Waals surface area contributed by atoms with E-state index < -0.39 is 5.92 Å². The van der Waals surface area contributed by atoms with Crippen molar-refractivity contribution in [3.05, 3.63) is 47.6 Å². The normalized spacial score (nSPS) is 12.2. The molecule has 0 fully saturated rings. The zero-order valence-electron chi connectivity index (χ0n) is 11.5. The van der Waals surface area contributed by atoms with Crippen LogP contribution in [0.2, 0.25) is 0 Å². The largest absolute Gasteiger partial charge is 0.395 e. The smallest absolute Gasteiger partial charge is 0.246 e. The van der Waals surface area contributed by atoms with Crippen molar-refractivity contribution in [2.75, 3.05) is 13.7 Å². The Morgan fingerprint density at radius 1 is 1.40 bits per heavy atom. The van der Waals surface area contributed by atoms with Crippen molar-refractivity contribution in [2.45, 2.75) is 19.4 Å². The molecule has 1 aromatic carbocycles. The van der Waals surface area contributed by atoms with Crippen molar-refractivity contribution < 1.29 is 14.4 Å². The number of nitrogens with zero attached hydrogens (tertiary/aromatic N) is 3. The van der Waals surface area contributed by atoms with Crippen LogP contribution in [0.15, 0.2) is 34.9 Å². The van der Waals surface area contributed by atoms with Crippen molar-refractivity contribution in [1.82, 2.24) is 15.0 Å². The lowest BCUT2D eigenvalue weighted by molar-refractivity contribution is -0.133.